The predicted molar refractivity (Wildman–Crippen MR) is 82.2 cm³/mol. The lowest BCUT2D eigenvalue weighted by atomic mass is 10.1. The van der Waals surface area contributed by atoms with E-state index in [2.05, 4.69) is 41.1 Å². The van der Waals surface area contributed by atoms with Gasteiger partial charge in [0.25, 0.3) is 5.89 Å². The van der Waals surface area contributed by atoms with E-state index in [-0.39, 0.29) is 0 Å². The third-order valence-electron chi connectivity index (χ3n) is 3.21. The van der Waals surface area contributed by atoms with Crippen LogP contribution in [0.1, 0.15) is 30.2 Å². The zero-order valence-corrected chi connectivity index (χ0v) is 13.2. The SMILES string of the molecule is CC(C)Cc1ccc(-c2nc(Cc3cncn3C)no2)s1. The molecule has 6 heteroatoms. The Labute approximate surface area is 127 Å². The van der Waals surface area contributed by atoms with Gasteiger partial charge in [0.2, 0.25) is 0 Å². The number of rotatable bonds is 5. The van der Waals surface area contributed by atoms with E-state index in [1.807, 2.05) is 17.8 Å². The molecule has 0 aliphatic heterocycles. The topological polar surface area (TPSA) is 56.7 Å². The lowest BCUT2D eigenvalue weighted by Gasteiger charge is -1.99. The number of imidazole rings is 1. The van der Waals surface area contributed by atoms with Crippen LogP contribution in [0.5, 0.6) is 0 Å². The molecule has 0 N–H and O–H groups in total. The number of thiophene rings is 1. The summed E-state index contributed by atoms with van der Waals surface area (Å²) in [6.45, 7) is 4.44. The third-order valence-corrected chi connectivity index (χ3v) is 4.30. The molecule has 21 heavy (non-hydrogen) atoms. The van der Waals surface area contributed by atoms with Gasteiger partial charge in [-0.15, -0.1) is 11.3 Å². The zero-order valence-electron chi connectivity index (χ0n) is 12.4. The molecule has 0 amide bonds. The maximum atomic E-state index is 5.38. The Morgan fingerprint density at radius 2 is 2.19 bits per heavy atom. The molecule has 0 saturated heterocycles. The van der Waals surface area contributed by atoms with E-state index >= 15 is 0 Å². The first kappa shape index (κ1) is 14.0. The molecular weight excluding hydrogens is 284 g/mol. The maximum absolute atomic E-state index is 5.38. The monoisotopic (exact) mass is 302 g/mol. The number of hydrogen-bond donors (Lipinski definition) is 0. The average molecular weight is 302 g/mol. The van der Waals surface area contributed by atoms with Crippen molar-refractivity contribution in [1.29, 1.82) is 0 Å². The van der Waals surface area contributed by atoms with Gasteiger partial charge in [-0.25, -0.2) is 4.98 Å². The molecule has 110 valence electrons. The predicted octanol–water partition coefficient (Wildman–Crippen LogP) is 3.32. The second-order valence-electron chi connectivity index (χ2n) is 5.55. The van der Waals surface area contributed by atoms with Crippen molar-refractivity contribution in [3.8, 4) is 10.8 Å². The second kappa shape index (κ2) is 5.81. The Balaban J connectivity index is 1.75. The van der Waals surface area contributed by atoms with Gasteiger partial charge < -0.3 is 9.09 Å². The summed E-state index contributed by atoms with van der Waals surface area (Å²) in [5.41, 5.74) is 1.06. The van der Waals surface area contributed by atoms with E-state index in [0.29, 0.717) is 24.1 Å². The molecule has 3 heterocycles. The minimum absolute atomic E-state index is 0.604. The summed E-state index contributed by atoms with van der Waals surface area (Å²) in [5.74, 6) is 1.94. The van der Waals surface area contributed by atoms with Crippen molar-refractivity contribution in [2.75, 3.05) is 0 Å². The Morgan fingerprint density at radius 3 is 2.90 bits per heavy atom. The fraction of sp³-hybridized carbons (Fsp3) is 0.400. The van der Waals surface area contributed by atoms with Crippen LogP contribution in [0.3, 0.4) is 0 Å². The van der Waals surface area contributed by atoms with E-state index in [9.17, 15) is 0 Å². The number of nitrogens with zero attached hydrogens (tertiary/aromatic N) is 4. The fourth-order valence-corrected chi connectivity index (χ4v) is 3.29. The molecule has 3 aromatic heterocycles. The summed E-state index contributed by atoms with van der Waals surface area (Å²) in [4.78, 5) is 11.0. The number of aryl methyl sites for hydroxylation is 1. The molecule has 0 aliphatic carbocycles. The van der Waals surface area contributed by atoms with Gasteiger partial charge in [-0.1, -0.05) is 19.0 Å². The standard InChI is InChI=1S/C15H18N4OS/c1-10(2)6-12-4-5-13(21-12)15-17-14(18-20-15)7-11-8-16-9-19(11)3/h4-5,8-10H,6-7H2,1-3H3. The van der Waals surface area contributed by atoms with Gasteiger partial charge in [-0.2, -0.15) is 4.98 Å². The molecule has 0 fully saturated rings. The van der Waals surface area contributed by atoms with E-state index in [4.69, 9.17) is 4.52 Å². The van der Waals surface area contributed by atoms with Crippen molar-refractivity contribution in [2.45, 2.75) is 26.7 Å². The normalized spacial score (nSPS) is 11.4. The summed E-state index contributed by atoms with van der Waals surface area (Å²) in [5, 5.41) is 4.06. The molecule has 3 aromatic rings. The highest BCUT2D eigenvalue weighted by atomic mass is 32.1. The van der Waals surface area contributed by atoms with Crippen molar-refractivity contribution < 1.29 is 4.52 Å². The van der Waals surface area contributed by atoms with E-state index in [0.717, 1.165) is 17.0 Å². The number of aromatic nitrogens is 4. The lowest BCUT2D eigenvalue weighted by Crippen LogP contribution is -1.97. The van der Waals surface area contributed by atoms with Gasteiger partial charge in [0.15, 0.2) is 5.82 Å². The van der Waals surface area contributed by atoms with Crippen molar-refractivity contribution >= 4 is 11.3 Å². The first-order valence-electron chi connectivity index (χ1n) is 6.98. The van der Waals surface area contributed by atoms with Crippen LogP contribution in [-0.2, 0) is 19.9 Å². The van der Waals surface area contributed by atoms with Crippen LogP contribution < -0.4 is 0 Å². The van der Waals surface area contributed by atoms with Crippen molar-refractivity contribution in [3.63, 3.8) is 0 Å². The van der Waals surface area contributed by atoms with Crippen molar-refractivity contribution in [1.82, 2.24) is 19.7 Å². The molecule has 5 nitrogen and oxygen atoms in total. The van der Waals surface area contributed by atoms with E-state index in [1.165, 1.54) is 4.88 Å². The number of hydrogen-bond acceptors (Lipinski definition) is 5. The van der Waals surface area contributed by atoms with Crippen LogP contribution in [0.15, 0.2) is 29.2 Å². The summed E-state index contributed by atoms with van der Waals surface area (Å²) < 4.78 is 7.34. The molecule has 0 atom stereocenters. The first-order chi connectivity index (χ1) is 10.1. The highest BCUT2D eigenvalue weighted by Crippen LogP contribution is 2.28. The van der Waals surface area contributed by atoms with Crippen LogP contribution in [0.2, 0.25) is 0 Å². The quantitative estimate of drug-likeness (QED) is 0.725. The second-order valence-corrected chi connectivity index (χ2v) is 6.72. The first-order valence-corrected chi connectivity index (χ1v) is 7.80. The highest BCUT2D eigenvalue weighted by molar-refractivity contribution is 7.15. The highest BCUT2D eigenvalue weighted by Gasteiger charge is 2.13. The van der Waals surface area contributed by atoms with Crippen LogP contribution >= 0.6 is 11.3 Å². The van der Waals surface area contributed by atoms with Crippen LogP contribution in [0.25, 0.3) is 10.8 Å². The minimum Gasteiger partial charge on any atom is -0.337 e. The molecule has 0 radical (unpaired) electrons. The Bertz CT molecular complexity index is 725. The maximum Gasteiger partial charge on any atom is 0.268 e. The zero-order chi connectivity index (χ0) is 14.8. The van der Waals surface area contributed by atoms with Gasteiger partial charge in [0.05, 0.1) is 17.6 Å². The van der Waals surface area contributed by atoms with Gasteiger partial charge >= 0.3 is 0 Å². The largest absolute Gasteiger partial charge is 0.337 e. The van der Waals surface area contributed by atoms with E-state index < -0.39 is 0 Å². The van der Waals surface area contributed by atoms with Gasteiger partial charge in [-0.05, 0) is 24.5 Å². The molecule has 0 bridgehead atoms. The Morgan fingerprint density at radius 1 is 1.33 bits per heavy atom. The van der Waals surface area contributed by atoms with Gasteiger partial charge in [0, 0.05) is 23.8 Å². The molecule has 3 rings (SSSR count). The molecular formula is C15H18N4OS. The average Bonchev–Trinajstić information content (AvgIpc) is 3.12. The third kappa shape index (κ3) is 3.21. The lowest BCUT2D eigenvalue weighted by molar-refractivity contribution is 0.424. The smallest absolute Gasteiger partial charge is 0.268 e. The Hall–Kier alpha value is -1.95. The summed E-state index contributed by atoms with van der Waals surface area (Å²) >= 11 is 1.72. The molecule has 0 unspecified atom stereocenters. The minimum atomic E-state index is 0.604. The van der Waals surface area contributed by atoms with Crippen molar-refractivity contribution in [2.24, 2.45) is 13.0 Å². The van der Waals surface area contributed by atoms with E-state index in [1.54, 1.807) is 17.7 Å². The van der Waals surface area contributed by atoms with Gasteiger partial charge in [0.1, 0.15) is 0 Å². The van der Waals surface area contributed by atoms with Crippen LogP contribution in [0.4, 0.5) is 0 Å². The van der Waals surface area contributed by atoms with Crippen molar-refractivity contribution in [3.05, 3.63) is 41.1 Å². The fourth-order valence-electron chi connectivity index (χ4n) is 2.15. The molecule has 0 aromatic carbocycles. The molecule has 0 spiro atoms. The Kier molecular flexibility index (Phi) is 3.88. The summed E-state index contributed by atoms with van der Waals surface area (Å²) in [6, 6.07) is 4.20. The van der Waals surface area contributed by atoms with Crippen LogP contribution in [0, 0.1) is 5.92 Å². The summed E-state index contributed by atoms with van der Waals surface area (Å²) in [6.07, 6.45) is 5.31. The summed E-state index contributed by atoms with van der Waals surface area (Å²) in [7, 11) is 1.96. The molecule has 0 saturated carbocycles. The van der Waals surface area contributed by atoms with Gasteiger partial charge in [-0.3, -0.25) is 0 Å². The molecule has 0 aliphatic rings. The van der Waals surface area contributed by atoms with Crippen LogP contribution in [-0.4, -0.2) is 19.7 Å².